The quantitative estimate of drug-likeness (QED) is 0.620. The summed E-state index contributed by atoms with van der Waals surface area (Å²) in [5.41, 5.74) is -1.71. The fourth-order valence-electron chi connectivity index (χ4n) is 1.05. The lowest BCUT2D eigenvalue weighted by molar-refractivity contribution is 0.0691. The van der Waals surface area contributed by atoms with Crippen molar-refractivity contribution in [1.82, 2.24) is 4.98 Å². The minimum atomic E-state index is -4.94. The van der Waals surface area contributed by atoms with Gasteiger partial charge in [-0.2, -0.15) is 13.7 Å². The summed E-state index contributed by atoms with van der Waals surface area (Å²) >= 11 is 10.8. The van der Waals surface area contributed by atoms with Crippen molar-refractivity contribution in [2.75, 3.05) is 0 Å². The van der Waals surface area contributed by atoms with E-state index in [1.54, 1.807) is 0 Å². The summed E-state index contributed by atoms with van der Waals surface area (Å²) in [7, 11) is -4.94. The maximum atomic E-state index is 11.0. The number of carboxylic acid groups (broad SMARTS) is 1. The Bertz CT molecular complexity index is 649. The molecule has 0 spiro atoms. The van der Waals surface area contributed by atoms with Gasteiger partial charge in [0.25, 0.3) is 10.1 Å². The molecule has 1 aromatic heterocycles. The highest BCUT2D eigenvalue weighted by atomic mass is 35.5. The van der Waals surface area contributed by atoms with Crippen LogP contribution in [-0.4, -0.2) is 29.0 Å². The number of pyridine rings is 1. The average Bonchev–Trinajstić information content (AvgIpc) is 2.14. The number of nitrogens with zero attached hydrogens (tertiary/aromatic N) is 2. The van der Waals surface area contributed by atoms with E-state index in [2.05, 4.69) is 4.98 Å². The predicted molar refractivity (Wildman–Crippen MR) is 55.7 cm³/mol. The van der Waals surface area contributed by atoms with Crippen LogP contribution in [0, 0.1) is 11.3 Å². The number of hydrogen-bond donors (Lipinski definition) is 2. The van der Waals surface area contributed by atoms with E-state index in [0.717, 1.165) is 0 Å². The Balaban J connectivity index is 3.97. The van der Waals surface area contributed by atoms with Crippen molar-refractivity contribution in [3.63, 3.8) is 0 Å². The van der Waals surface area contributed by atoms with Crippen LogP contribution in [0.25, 0.3) is 0 Å². The van der Waals surface area contributed by atoms with E-state index in [9.17, 15) is 13.2 Å². The molecule has 0 saturated carbocycles. The number of carboxylic acids is 1. The van der Waals surface area contributed by atoms with Crippen molar-refractivity contribution >= 4 is 39.3 Å². The van der Waals surface area contributed by atoms with Gasteiger partial charge in [0.2, 0.25) is 0 Å². The number of carbonyl (C=O) groups is 1. The standard InChI is InChI=1S/C7H2Cl2N2O5S/c8-5-2(1-10)3(7(12)13)4(6(9)11-5)17(14,15)16/h(H,12,13)(H,14,15,16). The molecule has 1 heterocycles. The van der Waals surface area contributed by atoms with E-state index in [1.807, 2.05) is 0 Å². The molecular formula is C7H2Cl2N2O5S. The van der Waals surface area contributed by atoms with Crippen LogP contribution in [0.5, 0.6) is 0 Å². The monoisotopic (exact) mass is 296 g/mol. The molecule has 0 saturated heterocycles. The van der Waals surface area contributed by atoms with Crippen molar-refractivity contribution in [2.45, 2.75) is 4.90 Å². The smallest absolute Gasteiger partial charge is 0.338 e. The van der Waals surface area contributed by atoms with E-state index in [0.29, 0.717) is 0 Å². The minimum absolute atomic E-state index is 0.567. The summed E-state index contributed by atoms with van der Waals surface area (Å²) in [6.45, 7) is 0. The summed E-state index contributed by atoms with van der Waals surface area (Å²) in [6, 6.07) is 1.38. The van der Waals surface area contributed by atoms with E-state index in [1.165, 1.54) is 6.07 Å². The summed E-state index contributed by atoms with van der Waals surface area (Å²) < 4.78 is 30.8. The molecule has 0 bridgehead atoms. The van der Waals surface area contributed by atoms with E-state index < -0.39 is 42.4 Å². The van der Waals surface area contributed by atoms with Gasteiger partial charge in [0, 0.05) is 0 Å². The van der Waals surface area contributed by atoms with Crippen molar-refractivity contribution in [1.29, 1.82) is 5.26 Å². The molecule has 0 aliphatic rings. The number of hydrogen-bond acceptors (Lipinski definition) is 5. The number of rotatable bonds is 2. The lowest BCUT2D eigenvalue weighted by Crippen LogP contribution is -2.13. The lowest BCUT2D eigenvalue weighted by atomic mass is 10.1. The highest BCUT2D eigenvalue weighted by Crippen LogP contribution is 2.30. The zero-order valence-electron chi connectivity index (χ0n) is 7.68. The molecule has 0 aromatic carbocycles. The number of halogens is 2. The number of aromatic carboxylic acids is 1. The predicted octanol–water partition coefficient (Wildman–Crippen LogP) is 1.20. The molecule has 0 aliphatic carbocycles. The Morgan fingerprint density at radius 1 is 1.35 bits per heavy atom. The molecule has 7 nitrogen and oxygen atoms in total. The van der Waals surface area contributed by atoms with Gasteiger partial charge in [-0.3, -0.25) is 4.55 Å². The molecule has 0 fully saturated rings. The molecule has 1 rings (SSSR count). The van der Waals surface area contributed by atoms with Crippen LogP contribution in [0.2, 0.25) is 10.3 Å². The van der Waals surface area contributed by atoms with Crippen molar-refractivity contribution < 1.29 is 22.9 Å². The largest absolute Gasteiger partial charge is 0.478 e. The van der Waals surface area contributed by atoms with Crippen LogP contribution in [0.15, 0.2) is 4.90 Å². The van der Waals surface area contributed by atoms with E-state index in [-0.39, 0.29) is 0 Å². The van der Waals surface area contributed by atoms with Gasteiger partial charge < -0.3 is 5.11 Å². The van der Waals surface area contributed by atoms with Crippen LogP contribution in [0.1, 0.15) is 15.9 Å². The second kappa shape index (κ2) is 4.46. The Labute approximate surface area is 105 Å². The van der Waals surface area contributed by atoms with Crippen molar-refractivity contribution in [2.24, 2.45) is 0 Å². The maximum absolute atomic E-state index is 11.0. The molecule has 17 heavy (non-hydrogen) atoms. The number of nitriles is 1. The van der Waals surface area contributed by atoms with Gasteiger partial charge in [-0.1, -0.05) is 23.2 Å². The van der Waals surface area contributed by atoms with Gasteiger partial charge in [0.1, 0.15) is 27.2 Å². The van der Waals surface area contributed by atoms with Crippen LogP contribution in [0.4, 0.5) is 0 Å². The fraction of sp³-hybridized carbons (Fsp3) is 0. The molecule has 0 amide bonds. The van der Waals surface area contributed by atoms with Crippen molar-refractivity contribution in [3.05, 3.63) is 21.4 Å². The average molecular weight is 297 g/mol. The molecule has 0 unspecified atom stereocenters. The minimum Gasteiger partial charge on any atom is -0.478 e. The third-order valence-electron chi connectivity index (χ3n) is 1.65. The zero-order chi connectivity index (χ0) is 13.4. The van der Waals surface area contributed by atoms with Gasteiger partial charge in [-0.05, 0) is 0 Å². The summed E-state index contributed by atoms with van der Waals surface area (Å²) in [5.74, 6) is -1.78. The topological polar surface area (TPSA) is 128 Å². The Kier molecular flexibility index (Phi) is 3.59. The molecule has 2 N–H and O–H groups in total. The Morgan fingerprint density at radius 2 is 1.88 bits per heavy atom. The first kappa shape index (κ1) is 13.7. The summed E-state index contributed by atoms with van der Waals surface area (Å²) in [6.07, 6.45) is 0. The first-order valence-corrected chi connectivity index (χ1v) is 5.89. The van der Waals surface area contributed by atoms with Crippen LogP contribution >= 0.6 is 23.2 Å². The molecule has 0 radical (unpaired) electrons. The molecular weight excluding hydrogens is 295 g/mol. The Morgan fingerprint density at radius 3 is 2.24 bits per heavy atom. The van der Waals surface area contributed by atoms with Crippen molar-refractivity contribution in [3.8, 4) is 6.07 Å². The normalized spacial score (nSPS) is 10.9. The summed E-state index contributed by atoms with van der Waals surface area (Å²) in [4.78, 5) is 13.0. The second-order valence-corrected chi connectivity index (χ2v) is 4.74. The van der Waals surface area contributed by atoms with Crippen LogP contribution in [-0.2, 0) is 10.1 Å². The van der Waals surface area contributed by atoms with Gasteiger partial charge >= 0.3 is 5.97 Å². The fourth-order valence-corrected chi connectivity index (χ4v) is 2.50. The summed E-state index contributed by atoms with van der Waals surface area (Å²) in [5, 5.41) is 16.1. The van der Waals surface area contributed by atoms with Gasteiger partial charge in [-0.15, -0.1) is 0 Å². The molecule has 1 aromatic rings. The SMILES string of the molecule is N#Cc1c(Cl)nc(Cl)c(S(=O)(=O)O)c1C(=O)O. The van der Waals surface area contributed by atoms with Crippen LogP contribution < -0.4 is 0 Å². The van der Waals surface area contributed by atoms with E-state index >= 15 is 0 Å². The third-order valence-corrected chi connectivity index (χ3v) is 3.22. The highest BCUT2D eigenvalue weighted by molar-refractivity contribution is 7.86. The van der Waals surface area contributed by atoms with E-state index in [4.69, 9.17) is 38.1 Å². The van der Waals surface area contributed by atoms with Gasteiger partial charge in [0.15, 0.2) is 5.15 Å². The van der Waals surface area contributed by atoms with Gasteiger partial charge in [0.05, 0.1) is 0 Å². The first-order chi connectivity index (χ1) is 7.70. The first-order valence-electron chi connectivity index (χ1n) is 3.70. The van der Waals surface area contributed by atoms with Crippen LogP contribution in [0.3, 0.4) is 0 Å². The Hall–Kier alpha value is -1.40. The molecule has 0 atom stereocenters. The lowest BCUT2D eigenvalue weighted by Gasteiger charge is -2.07. The molecule has 0 aliphatic heterocycles. The third kappa shape index (κ3) is 2.48. The van der Waals surface area contributed by atoms with Gasteiger partial charge in [-0.25, -0.2) is 9.78 Å². The highest BCUT2D eigenvalue weighted by Gasteiger charge is 2.30. The second-order valence-electron chi connectivity index (χ2n) is 2.66. The maximum Gasteiger partial charge on any atom is 0.338 e. The number of aromatic nitrogens is 1. The molecule has 10 heteroatoms. The molecule has 90 valence electrons. The zero-order valence-corrected chi connectivity index (χ0v) is 10.0.